The van der Waals surface area contributed by atoms with E-state index in [-0.39, 0.29) is 18.3 Å². The Labute approximate surface area is 161 Å². The van der Waals surface area contributed by atoms with Gasteiger partial charge in [-0.15, -0.1) is 12.4 Å². The summed E-state index contributed by atoms with van der Waals surface area (Å²) < 4.78 is 0. The maximum atomic E-state index is 12.6. The molecule has 1 saturated heterocycles. The number of urea groups is 1. The minimum atomic E-state index is -1.17. The van der Waals surface area contributed by atoms with Gasteiger partial charge in [-0.3, -0.25) is 20.0 Å². The van der Waals surface area contributed by atoms with Gasteiger partial charge in [0.2, 0.25) is 0 Å². The van der Waals surface area contributed by atoms with Gasteiger partial charge in [-0.25, -0.2) is 4.79 Å². The van der Waals surface area contributed by atoms with Crippen LogP contribution in [0.1, 0.15) is 34.2 Å². The Morgan fingerprint density at radius 3 is 2.85 bits per heavy atom. The van der Waals surface area contributed by atoms with Crippen molar-refractivity contribution in [2.24, 2.45) is 0 Å². The highest BCUT2D eigenvalue weighted by molar-refractivity contribution is 6.07. The maximum Gasteiger partial charge on any atom is 0.322 e. The molecule has 0 spiro atoms. The Hall–Kier alpha value is -2.91. The second kappa shape index (κ2) is 7.01. The Kier molecular flexibility index (Phi) is 4.90. The molecule has 27 heavy (non-hydrogen) atoms. The first kappa shape index (κ1) is 18.9. The number of carbonyl (C=O) groups excluding carboxylic acids is 3. The van der Waals surface area contributed by atoms with Crippen molar-refractivity contribution < 1.29 is 14.4 Å². The van der Waals surface area contributed by atoms with Crippen molar-refractivity contribution in [3.05, 3.63) is 46.8 Å². The lowest BCUT2D eigenvalue weighted by Gasteiger charge is -2.21. The fourth-order valence-corrected chi connectivity index (χ4v) is 3.26. The van der Waals surface area contributed by atoms with Crippen LogP contribution in [0.4, 0.5) is 10.5 Å². The van der Waals surface area contributed by atoms with Gasteiger partial charge in [0, 0.05) is 36.5 Å². The van der Waals surface area contributed by atoms with Gasteiger partial charge < -0.3 is 16.0 Å². The molecule has 142 valence electrons. The number of benzene rings is 1. The Morgan fingerprint density at radius 2 is 2.11 bits per heavy atom. The first-order valence-corrected chi connectivity index (χ1v) is 8.30. The molecule has 2 aliphatic heterocycles. The van der Waals surface area contributed by atoms with Crippen LogP contribution >= 0.6 is 12.4 Å². The van der Waals surface area contributed by atoms with E-state index in [1.165, 1.54) is 0 Å². The normalized spacial score (nSPS) is 20.9. The van der Waals surface area contributed by atoms with Gasteiger partial charge in [-0.05, 0) is 24.6 Å². The zero-order valence-electron chi connectivity index (χ0n) is 14.5. The molecule has 3 heterocycles. The van der Waals surface area contributed by atoms with Crippen LogP contribution in [0.25, 0.3) is 0 Å². The fraction of sp³-hybridized carbons (Fsp3) is 0.294. The average molecular weight is 391 g/mol. The lowest BCUT2D eigenvalue weighted by atomic mass is 9.92. The minimum Gasteiger partial charge on any atom is -0.321 e. The van der Waals surface area contributed by atoms with Crippen LogP contribution in [-0.2, 0) is 23.3 Å². The molecule has 2 aromatic rings. The molecule has 0 radical (unpaired) electrons. The number of H-pyrrole nitrogens is 1. The molecule has 4 amide bonds. The number of amides is 4. The van der Waals surface area contributed by atoms with E-state index in [9.17, 15) is 14.4 Å². The predicted octanol–water partition coefficient (Wildman–Crippen LogP) is 0.784. The third-order valence-electron chi connectivity index (χ3n) is 4.76. The number of nitrogens with one attached hydrogen (secondary N) is 5. The SMILES string of the molecule is CC1(c2cccc(NC(=O)c3n[nH]c4c3CNCC4)c2)NC(=O)NC1=O.Cl. The van der Waals surface area contributed by atoms with Gasteiger partial charge in [-0.1, -0.05) is 12.1 Å². The summed E-state index contributed by atoms with van der Waals surface area (Å²) in [5.74, 6) is -0.758. The molecule has 1 atom stereocenters. The second-order valence-electron chi connectivity index (χ2n) is 6.52. The summed E-state index contributed by atoms with van der Waals surface area (Å²) >= 11 is 0. The Balaban J connectivity index is 0.00000210. The van der Waals surface area contributed by atoms with Gasteiger partial charge in [0.15, 0.2) is 5.69 Å². The molecule has 10 heteroatoms. The van der Waals surface area contributed by atoms with E-state index < -0.39 is 17.5 Å². The summed E-state index contributed by atoms with van der Waals surface area (Å²) in [6, 6.07) is 6.29. The predicted molar refractivity (Wildman–Crippen MR) is 99.7 cm³/mol. The summed E-state index contributed by atoms with van der Waals surface area (Å²) in [5.41, 5.74) is 2.12. The van der Waals surface area contributed by atoms with Gasteiger partial charge in [0.1, 0.15) is 5.54 Å². The summed E-state index contributed by atoms with van der Waals surface area (Å²) in [7, 11) is 0. The van der Waals surface area contributed by atoms with Gasteiger partial charge >= 0.3 is 6.03 Å². The lowest BCUT2D eigenvalue weighted by molar-refractivity contribution is -0.123. The lowest BCUT2D eigenvalue weighted by Crippen LogP contribution is -2.40. The first-order chi connectivity index (χ1) is 12.5. The summed E-state index contributed by atoms with van der Waals surface area (Å²) in [6.07, 6.45) is 0.804. The molecule has 5 N–H and O–H groups in total. The average Bonchev–Trinajstić information content (AvgIpc) is 3.16. The number of aromatic amines is 1. The van der Waals surface area contributed by atoms with Crippen molar-refractivity contribution in [2.75, 3.05) is 11.9 Å². The standard InChI is InChI=1S/C17H18N6O3.ClH/c1-17(15(25)20-16(26)21-17)9-3-2-4-10(7-9)19-14(24)13-11-8-18-6-5-12(11)22-23-13;/h2-4,7,18H,5-6,8H2,1H3,(H,19,24)(H,22,23)(H2,20,21,25,26);1H. The van der Waals surface area contributed by atoms with Crippen molar-refractivity contribution in [1.82, 2.24) is 26.1 Å². The number of imide groups is 1. The third-order valence-corrected chi connectivity index (χ3v) is 4.76. The van der Waals surface area contributed by atoms with Crippen molar-refractivity contribution >= 4 is 35.9 Å². The number of aromatic nitrogens is 2. The summed E-state index contributed by atoms with van der Waals surface area (Å²) in [4.78, 5) is 36.2. The van der Waals surface area contributed by atoms with Crippen LogP contribution in [-0.4, -0.2) is 34.6 Å². The third kappa shape index (κ3) is 3.26. The Morgan fingerprint density at radius 1 is 1.30 bits per heavy atom. The molecule has 9 nitrogen and oxygen atoms in total. The maximum absolute atomic E-state index is 12.6. The summed E-state index contributed by atoms with van der Waals surface area (Å²) in [6.45, 7) is 3.06. The summed E-state index contributed by atoms with van der Waals surface area (Å²) in [5, 5.41) is 17.9. The molecule has 1 aromatic heterocycles. The van der Waals surface area contributed by atoms with Crippen LogP contribution < -0.4 is 21.3 Å². The zero-order chi connectivity index (χ0) is 18.3. The molecule has 2 aliphatic rings. The highest BCUT2D eigenvalue weighted by atomic mass is 35.5. The number of carbonyl (C=O) groups is 3. The number of rotatable bonds is 3. The van der Waals surface area contributed by atoms with Crippen LogP contribution in [0.5, 0.6) is 0 Å². The van der Waals surface area contributed by atoms with E-state index in [1.807, 2.05) is 0 Å². The van der Waals surface area contributed by atoms with Crippen LogP contribution in [0.15, 0.2) is 24.3 Å². The quantitative estimate of drug-likeness (QED) is 0.495. The number of hydrogen-bond acceptors (Lipinski definition) is 5. The van der Waals surface area contributed by atoms with Gasteiger partial charge in [0.05, 0.1) is 0 Å². The van der Waals surface area contributed by atoms with Crippen LogP contribution in [0.3, 0.4) is 0 Å². The minimum absolute atomic E-state index is 0. The van der Waals surface area contributed by atoms with Gasteiger partial charge in [-0.2, -0.15) is 5.10 Å². The fourth-order valence-electron chi connectivity index (χ4n) is 3.26. The number of anilines is 1. The number of nitrogens with zero attached hydrogens (tertiary/aromatic N) is 1. The van der Waals surface area contributed by atoms with E-state index in [0.717, 1.165) is 24.2 Å². The molecule has 0 aliphatic carbocycles. The van der Waals surface area contributed by atoms with Crippen molar-refractivity contribution in [2.45, 2.75) is 25.4 Å². The van der Waals surface area contributed by atoms with E-state index in [2.05, 4.69) is 31.5 Å². The largest absolute Gasteiger partial charge is 0.322 e. The molecule has 1 unspecified atom stereocenters. The molecular weight excluding hydrogens is 372 g/mol. The first-order valence-electron chi connectivity index (χ1n) is 8.30. The smallest absolute Gasteiger partial charge is 0.321 e. The monoisotopic (exact) mass is 390 g/mol. The number of fused-ring (bicyclic) bond motifs is 1. The van der Waals surface area contributed by atoms with Crippen molar-refractivity contribution in [1.29, 1.82) is 0 Å². The molecule has 0 bridgehead atoms. The van der Waals surface area contributed by atoms with E-state index in [1.54, 1.807) is 31.2 Å². The van der Waals surface area contributed by atoms with E-state index in [0.29, 0.717) is 23.5 Å². The van der Waals surface area contributed by atoms with Gasteiger partial charge in [0.25, 0.3) is 11.8 Å². The van der Waals surface area contributed by atoms with Crippen molar-refractivity contribution in [3.63, 3.8) is 0 Å². The Bertz CT molecular complexity index is 927. The van der Waals surface area contributed by atoms with Crippen LogP contribution in [0.2, 0.25) is 0 Å². The van der Waals surface area contributed by atoms with E-state index >= 15 is 0 Å². The van der Waals surface area contributed by atoms with E-state index in [4.69, 9.17) is 0 Å². The highest BCUT2D eigenvalue weighted by Crippen LogP contribution is 2.27. The highest BCUT2D eigenvalue weighted by Gasteiger charge is 2.43. The zero-order valence-corrected chi connectivity index (χ0v) is 15.3. The van der Waals surface area contributed by atoms with Crippen LogP contribution in [0, 0.1) is 0 Å². The van der Waals surface area contributed by atoms with Crippen molar-refractivity contribution in [3.8, 4) is 0 Å². The molecule has 1 aromatic carbocycles. The second-order valence-corrected chi connectivity index (χ2v) is 6.52. The molecule has 0 saturated carbocycles. The molecule has 1 fully saturated rings. The molecular formula is C17H19ClN6O3. The number of hydrogen-bond donors (Lipinski definition) is 5. The molecule has 4 rings (SSSR count). The topological polar surface area (TPSA) is 128 Å². The number of halogens is 1.